The first-order valence-electron chi connectivity index (χ1n) is 16.3. The van der Waals surface area contributed by atoms with Crippen LogP contribution in [0.3, 0.4) is 0 Å². The third-order valence-electron chi connectivity index (χ3n) is 7.85. The molecule has 1 N–H and O–H groups in total. The van der Waals surface area contributed by atoms with Crippen molar-refractivity contribution in [1.82, 2.24) is 0 Å². The molecule has 0 bridgehead atoms. The lowest BCUT2D eigenvalue weighted by Crippen LogP contribution is -2.46. The number of carbonyl (C=O) groups is 1. The number of carboxylic acid groups (broad SMARTS) is 1. The highest BCUT2D eigenvalue weighted by Gasteiger charge is 2.41. The van der Waals surface area contributed by atoms with E-state index in [0.717, 1.165) is 24.8 Å². The third kappa shape index (κ3) is 11.0. The van der Waals surface area contributed by atoms with Crippen LogP contribution in [0.2, 0.25) is 0 Å². The lowest BCUT2D eigenvalue weighted by molar-refractivity contribution is -0.178. The minimum atomic E-state index is -1.27. The summed E-state index contributed by atoms with van der Waals surface area (Å²) in [5, 5.41) is 10.4. The van der Waals surface area contributed by atoms with E-state index < -0.39 is 17.7 Å². The van der Waals surface area contributed by atoms with Gasteiger partial charge in [0.25, 0.3) is 0 Å². The van der Waals surface area contributed by atoms with Gasteiger partial charge in [0.1, 0.15) is 26.4 Å². The summed E-state index contributed by atoms with van der Waals surface area (Å²) in [7, 11) is 0. The molecule has 4 rings (SSSR count). The minimum Gasteiger partial charge on any atom is -0.487 e. The van der Waals surface area contributed by atoms with Gasteiger partial charge in [-0.2, -0.15) is 0 Å². The molecule has 1 aliphatic rings. The summed E-state index contributed by atoms with van der Waals surface area (Å²) >= 11 is 0. The number of hydrogen-bond donors (Lipinski definition) is 1. The number of fused-ring (bicyclic) bond motifs is 2. The van der Waals surface area contributed by atoms with Crippen molar-refractivity contribution >= 4 is 5.97 Å². The van der Waals surface area contributed by atoms with Gasteiger partial charge in [0.2, 0.25) is 0 Å². The standard InChI is InChI=1S/C37H48O8/c1-2-3-4-5-6-7-8-12-23-35(36(38)39)45-37(30-17-10-9-11-18-30)28-43-33-21-15-13-19-31(33)41-26-24-40-25-27-42-32-20-14-16-22-34(32)44-29-37/h9-11,13-22,35H,2-8,12,23-29H2,1H3,(H,38,39). The van der Waals surface area contributed by atoms with E-state index in [1.807, 2.05) is 78.9 Å². The van der Waals surface area contributed by atoms with Crippen molar-refractivity contribution in [1.29, 1.82) is 0 Å². The summed E-state index contributed by atoms with van der Waals surface area (Å²) in [4.78, 5) is 12.7. The molecule has 0 amide bonds. The second-order valence-electron chi connectivity index (χ2n) is 11.3. The second-order valence-corrected chi connectivity index (χ2v) is 11.3. The zero-order valence-electron chi connectivity index (χ0n) is 26.5. The van der Waals surface area contributed by atoms with Crippen LogP contribution in [0.15, 0.2) is 78.9 Å². The number of rotatable bonds is 13. The van der Waals surface area contributed by atoms with Gasteiger partial charge in [0, 0.05) is 0 Å². The van der Waals surface area contributed by atoms with E-state index in [4.69, 9.17) is 28.4 Å². The summed E-state index contributed by atoms with van der Waals surface area (Å²) in [5.74, 6) is 1.16. The molecule has 1 aliphatic heterocycles. The monoisotopic (exact) mass is 620 g/mol. The molecule has 1 unspecified atom stereocenters. The Morgan fingerprint density at radius 1 is 0.667 bits per heavy atom. The maximum atomic E-state index is 12.7. The molecule has 0 radical (unpaired) electrons. The van der Waals surface area contributed by atoms with E-state index >= 15 is 0 Å². The Balaban J connectivity index is 1.62. The van der Waals surface area contributed by atoms with Gasteiger partial charge in [-0.05, 0) is 36.2 Å². The first-order valence-corrected chi connectivity index (χ1v) is 16.3. The molecule has 0 saturated heterocycles. The molecule has 0 aliphatic carbocycles. The van der Waals surface area contributed by atoms with Crippen molar-refractivity contribution in [2.24, 2.45) is 0 Å². The van der Waals surface area contributed by atoms with E-state index in [9.17, 15) is 9.90 Å². The van der Waals surface area contributed by atoms with E-state index in [-0.39, 0.29) is 13.2 Å². The first kappa shape index (κ1) is 34.1. The zero-order chi connectivity index (χ0) is 31.6. The maximum Gasteiger partial charge on any atom is 0.332 e. The molecule has 0 saturated carbocycles. The van der Waals surface area contributed by atoms with Crippen molar-refractivity contribution in [2.75, 3.05) is 39.6 Å². The molecule has 244 valence electrons. The molecule has 0 fully saturated rings. The van der Waals surface area contributed by atoms with Crippen molar-refractivity contribution < 1.29 is 38.3 Å². The summed E-state index contributed by atoms with van der Waals surface area (Å²) in [5.41, 5.74) is -0.524. The van der Waals surface area contributed by atoms with Gasteiger partial charge in [0.05, 0.1) is 13.2 Å². The molecule has 0 aromatic heterocycles. The molecule has 1 heterocycles. The molecular weight excluding hydrogens is 572 g/mol. The lowest BCUT2D eigenvalue weighted by atomic mass is 9.94. The molecule has 1 atom stereocenters. The summed E-state index contributed by atoms with van der Waals surface area (Å²) in [6, 6.07) is 24.4. The van der Waals surface area contributed by atoms with Gasteiger partial charge < -0.3 is 33.5 Å². The van der Waals surface area contributed by atoms with Crippen LogP contribution in [0.1, 0.15) is 70.3 Å². The van der Waals surface area contributed by atoms with Crippen LogP contribution in [0, 0.1) is 0 Å². The first-order chi connectivity index (χ1) is 22.1. The fourth-order valence-corrected chi connectivity index (χ4v) is 5.34. The Hall–Kier alpha value is -3.75. The van der Waals surface area contributed by atoms with E-state index in [2.05, 4.69) is 6.92 Å². The predicted octanol–water partition coefficient (Wildman–Crippen LogP) is 7.83. The van der Waals surface area contributed by atoms with Crippen molar-refractivity contribution in [3.63, 3.8) is 0 Å². The van der Waals surface area contributed by atoms with E-state index in [1.54, 1.807) is 0 Å². The molecular formula is C37H48O8. The normalized spacial score (nSPS) is 16.0. The number of carboxylic acids is 1. The predicted molar refractivity (Wildman–Crippen MR) is 174 cm³/mol. The minimum absolute atomic E-state index is 0.0158. The van der Waals surface area contributed by atoms with E-state index in [1.165, 1.54) is 32.1 Å². The highest BCUT2D eigenvalue weighted by molar-refractivity contribution is 5.72. The highest BCUT2D eigenvalue weighted by atomic mass is 16.6. The number of benzene rings is 3. The number of aliphatic carboxylic acids is 1. The molecule has 0 spiro atoms. The van der Waals surface area contributed by atoms with Crippen LogP contribution in [0.5, 0.6) is 23.0 Å². The number of unbranched alkanes of at least 4 members (excludes halogenated alkanes) is 7. The molecule has 3 aromatic carbocycles. The smallest absolute Gasteiger partial charge is 0.332 e. The largest absolute Gasteiger partial charge is 0.487 e. The van der Waals surface area contributed by atoms with Crippen LogP contribution in [0.25, 0.3) is 0 Å². The van der Waals surface area contributed by atoms with Gasteiger partial charge in [-0.3, -0.25) is 0 Å². The fourth-order valence-electron chi connectivity index (χ4n) is 5.34. The van der Waals surface area contributed by atoms with Crippen LogP contribution >= 0.6 is 0 Å². The summed E-state index contributed by atoms with van der Waals surface area (Å²) < 4.78 is 37.2. The van der Waals surface area contributed by atoms with Crippen molar-refractivity contribution in [2.45, 2.75) is 76.4 Å². The van der Waals surface area contributed by atoms with Crippen LogP contribution < -0.4 is 18.9 Å². The topological polar surface area (TPSA) is 92.7 Å². The Bertz CT molecular complexity index is 1210. The number of hydrogen-bond acceptors (Lipinski definition) is 7. The molecule has 8 nitrogen and oxygen atoms in total. The van der Waals surface area contributed by atoms with Crippen molar-refractivity contribution in [3.05, 3.63) is 84.4 Å². The van der Waals surface area contributed by atoms with Crippen LogP contribution in [-0.2, 0) is 19.9 Å². The summed E-state index contributed by atoms with van der Waals surface area (Å²) in [6.45, 7) is 3.61. The van der Waals surface area contributed by atoms with E-state index in [0.29, 0.717) is 55.8 Å². The Kier molecular flexibility index (Phi) is 14.3. The van der Waals surface area contributed by atoms with Gasteiger partial charge >= 0.3 is 5.97 Å². The van der Waals surface area contributed by atoms with Gasteiger partial charge in [0.15, 0.2) is 34.7 Å². The Morgan fingerprint density at radius 3 is 1.64 bits per heavy atom. The number of para-hydroxylation sites is 4. The Labute approximate surface area is 267 Å². The quantitative estimate of drug-likeness (QED) is 0.193. The average molecular weight is 621 g/mol. The SMILES string of the molecule is CCCCCCCCCCC(OC1(c2ccccc2)COc2ccccc2OCCOCCOc2ccccc2OC1)C(=O)O. The van der Waals surface area contributed by atoms with Crippen molar-refractivity contribution in [3.8, 4) is 23.0 Å². The second kappa shape index (κ2) is 18.9. The maximum absolute atomic E-state index is 12.7. The third-order valence-corrected chi connectivity index (χ3v) is 7.85. The molecule has 45 heavy (non-hydrogen) atoms. The summed E-state index contributed by atoms with van der Waals surface area (Å²) in [6.07, 6.45) is 8.28. The zero-order valence-corrected chi connectivity index (χ0v) is 26.5. The van der Waals surface area contributed by atoms with Gasteiger partial charge in [-0.1, -0.05) is 113 Å². The van der Waals surface area contributed by atoms with Gasteiger partial charge in [-0.15, -0.1) is 0 Å². The van der Waals surface area contributed by atoms with Crippen LogP contribution in [0.4, 0.5) is 0 Å². The molecule has 8 heteroatoms. The average Bonchev–Trinajstić information content (AvgIpc) is 3.06. The number of ether oxygens (including phenoxy) is 6. The fraction of sp³-hybridized carbons (Fsp3) is 0.486. The van der Waals surface area contributed by atoms with Gasteiger partial charge in [-0.25, -0.2) is 4.79 Å². The molecule has 3 aromatic rings. The lowest BCUT2D eigenvalue weighted by Gasteiger charge is -2.36. The highest BCUT2D eigenvalue weighted by Crippen LogP contribution is 2.36. The van der Waals surface area contributed by atoms with Crippen LogP contribution in [-0.4, -0.2) is 56.8 Å². The Morgan fingerprint density at radius 2 is 1.13 bits per heavy atom.